The van der Waals surface area contributed by atoms with Crippen molar-refractivity contribution in [2.75, 3.05) is 19.6 Å². The monoisotopic (exact) mass is 226 g/mol. The van der Waals surface area contributed by atoms with Crippen molar-refractivity contribution in [1.29, 1.82) is 5.26 Å². The van der Waals surface area contributed by atoms with Gasteiger partial charge in [-0.2, -0.15) is 5.26 Å². The SMILES string of the molecule is CCN(CCCCCC(=O)O)CC(C)C#N. The summed E-state index contributed by atoms with van der Waals surface area (Å²) in [6.45, 7) is 6.73. The van der Waals surface area contributed by atoms with Gasteiger partial charge in [-0.25, -0.2) is 0 Å². The van der Waals surface area contributed by atoms with E-state index in [0.717, 1.165) is 38.9 Å². The van der Waals surface area contributed by atoms with Gasteiger partial charge in [-0.15, -0.1) is 0 Å². The third kappa shape index (κ3) is 8.25. The summed E-state index contributed by atoms with van der Waals surface area (Å²) in [4.78, 5) is 12.5. The van der Waals surface area contributed by atoms with E-state index in [1.165, 1.54) is 0 Å². The van der Waals surface area contributed by atoms with Crippen LogP contribution < -0.4 is 0 Å². The largest absolute Gasteiger partial charge is 0.481 e. The van der Waals surface area contributed by atoms with Crippen LogP contribution in [0.25, 0.3) is 0 Å². The summed E-state index contributed by atoms with van der Waals surface area (Å²) in [5.74, 6) is -0.649. The van der Waals surface area contributed by atoms with E-state index in [-0.39, 0.29) is 12.3 Å². The molecule has 0 saturated carbocycles. The van der Waals surface area contributed by atoms with E-state index in [9.17, 15) is 4.79 Å². The first-order chi connectivity index (χ1) is 7.60. The van der Waals surface area contributed by atoms with E-state index >= 15 is 0 Å². The van der Waals surface area contributed by atoms with Crippen molar-refractivity contribution in [3.8, 4) is 6.07 Å². The number of nitrogens with zero attached hydrogens (tertiary/aromatic N) is 2. The van der Waals surface area contributed by atoms with Gasteiger partial charge in [-0.05, 0) is 32.9 Å². The second-order valence-electron chi connectivity index (χ2n) is 4.13. The molecule has 92 valence electrons. The molecule has 0 radical (unpaired) electrons. The van der Waals surface area contributed by atoms with Crippen LogP contribution >= 0.6 is 0 Å². The third-order valence-corrected chi connectivity index (χ3v) is 2.56. The van der Waals surface area contributed by atoms with Gasteiger partial charge < -0.3 is 10.0 Å². The minimum Gasteiger partial charge on any atom is -0.481 e. The molecule has 0 aliphatic rings. The maximum Gasteiger partial charge on any atom is 0.303 e. The van der Waals surface area contributed by atoms with Gasteiger partial charge in [0.05, 0.1) is 12.0 Å². The second kappa shape index (κ2) is 9.17. The van der Waals surface area contributed by atoms with Gasteiger partial charge >= 0.3 is 5.97 Å². The average molecular weight is 226 g/mol. The Labute approximate surface area is 97.9 Å². The summed E-state index contributed by atoms with van der Waals surface area (Å²) in [5.41, 5.74) is 0. The van der Waals surface area contributed by atoms with E-state index in [1.807, 2.05) is 6.92 Å². The number of rotatable bonds is 9. The predicted octanol–water partition coefficient (Wildman–Crippen LogP) is 2.11. The lowest BCUT2D eigenvalue weighted by Crippen LogP contribution is -2.29. The Bertz CT molecular complexity index is 236. The molecule has 0 amide bonds. The zero-order valence-corrected chi connectivity index (χ0v) is 10.3. The summed E-state index contributed by atoms with van der Waals surface area (Å²) >= 11 is 0. The van der Waals surface area contributed by atoms with Gasteiger partial charge in [-0.1, -0.05) is 13.3 Å². The fourth-order valence-electron chi connectivity index (χ4n) is 1.60. The zero-order valence-electron chi connectivity index (χ0n) is 10.3. The van der Waals surface area contributed by atoms with Crippen LogP contribution in [0.3, 0.4) is 0 Å². The lowest BCUT2D eigenvalue weighted by molar-refractivity contribution is -0.137. The Morgan fingerprint density at radius 2 is 2.12 bits per heavy atom. The van der Waals surface area contributed by atoms with E-state index < -0.39 is 5.97 Å². The lowest BCUT2D eigenvalue weighted by atomic mass is 10.1. The predicted molar refractivity (Wildman–Crippen MR) is 63.0 cm³/mol. The Morgan fingerprint density at radius 1 is 1.44 bits per heavy atom. The van der Waals surface area contributed by atoms with E-state index in [0.29, 0.717) is 0 Å². The molecule has 0 rings (SSSR count). The number of hydrogen-bond acceptors (Lipinski definition) is 3. The lowest BCUT2D eigenvalue weighted by Gasteiger charge is -2.21. The molecule has 0 spiro atoms. The molecule has 16 heavy (non-hydrogen) atoms. The Kier molecular flexibility index (Phi) is 8.55. The average Bonchev–Trinajstić information content (AvgIpc) is 2.26. The molecule has 0 aliphatic carbocycles. The molecule has 0 fully saturated rings. The van der Waals surface area contributed by atoms with Crippen molar-refractivity contribution in [1.82, 2.24) is 4.90 Å². The zero-order chi connectivity index (χ0) is 12.4. The highest BCUT2D eigenvalue weighted by atomic mass is 16.4. The van der Waals surface area contributed by atoms with E-state index in [2.05, 4.69) is 17.9 Å². The van der Waals surface area contributed by atoms with Crippen molar-refractivity contribution in [2.45, 2.75) is 39.5 Å². The van der Waals surface area contributed by atoms with Crippen LogP contribution in [-0.4, -0.2) is 35.6 Å². The standard InChI is InChI=1S/C12H22N2O2/c1-3-14(10-11(2)9-13)8-6-4-5-7-12(15)16/h11H,3-8,10H2,1-2H3,(H,15,16). The topological polar surface area (TPSA) is 64.3 Å². The molecule has 0 aromatic rings. The first-order valence-corrected chi connectivity index (χ1v) is 5.93. The fourth-order valence-corrected chi connectivity index (χ4v) is 1.60. The highest BCUT2D eigenvalue weighted by molar-refractivity contribution is 5.66. The summed E-state index contributed by atoms with van der Waals surface area (Å²) in [7, 11) is 0. The number of unbranched alkanes of at least 4 members (excludes halogenated alkanes) is 2. The van der Waals surface area contributed by atoms with Gasteiger partial charge in [0.15, 0.2) is 0 Å². The molecule has 1 N–H and O–H groups in total. The highest BCUT2D eigenvalue weighted by Crippen LogP contribution is 2.04. The number of carboxylic acids is 1. The molecule has 4 heteroatoms. The van der Waals surface area contributed by atoms with Crippen LogP contribution in [0.5, 0.6) is 0 Å². The minimum atomic E-state index is -0.717. The summed E-state index contributed by atoms with van der Waals surface area (Å²) in [5, 5.41) is 17.2. The third-order valence-electron chi connectivity index (χ3n) is 2.56. The Morgan fingerprint density at radius 3 is 2.62 bits per heavy atom. The molecule has 0 aliphatic heterocycles. The maximum absolute atomic E-state index is 10.3. The Hall–Kier alpha value is -1.08. The fraction of sp³-hybridized carbons (Fsp3) is 0.833. The molecule has 1 unspecified atom stereocenters. The van der Waals surface area contributed by atoms with E-state index in [4.69, 9.17) is 10.4 Å². The molecule has 0 bridgehead atoms. The van der Waals surface area contributed by atoms with Gasteiger partial charge in [0, 0.05) is 13.0 Å². The summed E-state index contributed by atoms with van der Waals surface area (Å²) in [6, 6.07) is 2.23. The van der Waals surface area contributed by atoms with Crippen molar-refractivity contribution in [3.05, 3.63) is 0 Å². The van der Waals surface area contributed by atoms with Crippen molar-refractivity contribution in [2.24, 2.45) is 5.92 Å². The van der Waals surface area contributed by atoms with Crippen LogP contribution in [0, 0.1) is 17.2 Å². The quantitative estimate of drug-likeness (QED) is 0.612. The van der Waals surface area contributed by atoms with Crippen molar-refractivity contribution in [3.63, 3.8) is 0 Å². The molecular weight excluding hydrogens is 204 g/mol. The normalized spacial score (nSPS) is 12.4. The highest BCUT2D eigenvalue weighted by Gasteiger charge is 2.07. The molecule has 0 aromatic heterocycles. The first-order valence-electron chi connectivity index (χ1n) is 5.93. The van der Waals surface area contributed by atoms with Crippen LogP contribution in [0.4, 0.5) is 0 Å². The number of carboxylic acid groups (broad SMARTS) is 1. The molecular formula is C12H22N2O2. The summed E-state index contributed by atoms with van der Waals surface area (Å²) in [6.07, 6.45) is 2.98. The molecule has 1 atom stereocenters. The van der Waals surface area contributed by atoms with Crippen LogP contribution in [-0.2, 0) is 4.79 Å². The molecule has 4 nitrogen and oxygen atoms in total. The smallest absolute Gasteiger partial charge is 0.303 e. The first kappa shape index (κ1) is 14.9. The van der Waals surface area contributed by atoms with Gasteiger partial charge in [-0.3, -0.25) is 4.79 Å². The number of nitriles is 1. The van der Waals surface area contributed by atoms with Crippen LogP contribution in [0.1, 0.15) is 39.5 Å². The molecule has 0 saturated heterocycles. The maximum atomic E-state index is 10.3. The van der Waals surface area contributed by atoms with Gasteiger partial charge in [0.25, 0.3) is 0 Å². The number of carbonyl (C=O) groups is 1. The minimum absolute atomic E-state index is 0.0685. The van der Waals surface area contributed by atoms with Crippen LogP contribution in [0.15, 0.2) is 0 Å². The van der Waals surface area contributed by atoms with Crippen LogP contribution in [0.2, 0.25) is 0 Å². The second-order valence-corrected chi connectivity index (χ2v) is 4.13. The molecule has 0 aromatic carbocycles. The van der Waals surface area contributed by atoms with Gasteiger partial charge in [0.2, 0.25) is 0 Å². The van der Waals surface area contributed by atoms with Gasteiger partial charge in [0.1, 0.15) is 0 Å². The van der Waals surface area contributed by atoms with Crippen molar-refractivity contribution >= 4 is 5.97 Å². The Balaban J connectivity index is 3.56. The summed E-state index contributed by atoms with van der Waals surface area (Å²) < 4.78 is 0. The number of hydrogen-bond donors (Lipinski definition) is 1. The number of aliphatic carboxylic acids is 1. The van der Waals surface area contributed by atoms with Crippen molar-refractivity contribution < 1.29 is 9.90 Å². The molecule has 0 heterocycles. The van der Waals surface area contributed by atoms with E-state index in [1.54, 1.807) is 0 Å².